The Morgan fingerprint density at radius 3 is 2.87 bits per heavy atom. The Morgan fingerprint density at radius 1 is 1.60 bits per heavy atom. The molecule has 0 radical (unpaired) electrons. The summed E-state index contributed by atoms with van der Waals surface area (Å²) >= 11 is 1.57. The highest BCUT2D eigenvalue weighted by molar-refractivity contribution is 7.91. The lowest BCUT2D eigenvalue weighted by molar-refractivity contribution is 0.556. The summed E-state index contributed by atoms with van der Waals surface area (Å²) in [6.07, 6.45) is 1.75. The molecule has 0 spiro atoms. The molecule has 1 N–H and O–H groups in total. The Morgan fingerprint density at radius 2 is 2.33 bits per heavy atom. The average molecular weight is 248 g/mol. The predicted octanol–water partition coefficient (Wildman–Crippen LogP) is 1.06. The lowest BCUT2D eigenvalue weighted by Gasteiger charge is -2.12. The van der Waals surface area contributed by atoms with E-state index >= 15 is 0 Å². The highest BCUT2D eigenvalue weighted by Gasteiger charge is 2.13. The smallest absolute Gasteiger partial charge is 0.151 e. The minimum absolute atomic E-state index is 0.0288. The van der Waals surface area contributed by atoms with Crippen LogP contribution in [-0.2, 0) is 16.4 Å². The van der Waals surface area contributed by atoms with E-state index < -0.39 is 9.84 Å². The molecule has 1 unspecified atom stereocenters. The van der Waals surface area contributed by atoms with E-state index in [0.29, 0.717) is 6.54 Å². The standard InChI is InChI=1S/C9H16N2O2S2/c1-3-15(12,13)7-8(2)11-6-9-10-4-5-14-9/h4-5,8,11H,3,6-7H2,1-2H3. The van der Waals surface area contributed by atoms with Crippen molar-refractivity contribution < 1.29 is 8.42 Å². The molecule has 6 heteroatoms. The van der Waals surface area contributed by atoms with Crippen LogP contribution in [0.1, 0.15) is 18.9 Å². The molecule has 4 nitrogen and oxygen atoms in total. The molecular weight excluding hydrogens is 232 g/mol. The van der Waals surface area contributed by atoms with Crippen molar-refractivity contribution in [3.05, 3.63) is 16.6 Å². The monoisotopic (exact) mass is 248 g/mol. The third-order valence-electron chi connectivity index (χ3n) is 2.03. The largest absolute Gasteiger partial charge is 0.307 e. The minimum Gasteiger partial charge on any atom is -0.307 e. The third-order valence-corrected chi connectivity index (χ3v) is 4.70. The van der Waals surface area contributed by atoms with Gasteiger partial charge in [-0.15, -0.1) is 11.3 Å². The molecule has 1 aromatic heterocycles. The van der Waals surface area contributed by atoms with Crippen molar-refractivity contribution in [2.24, 2.45) is 0 Å². The summed E-state index contributed by atoms with van der Waals surface area (Å²) in [5.41, 5.74) is 0. The van der Waals surface area contributed by atoms with Crippen molar-refractivity contribution in [1.82, 2.24) is 10.3 Å². The Labute approximate surface area is 94.7 Å². The SMILES string of the molecule is CCS(=O)(=O)CC(C)NCc1nccs1. The topological polar surface area (TPSA) is 59.1 Å². The molecular formula is C9H16N2O2S2. The predicted molar refractivity (Wildman–Crippen MR) is 62.7 cm³/mol. The van der Waals surface area contributed by atoms with Crippen molar-refractivity contribution in [1.29, 1.82) is 0 Å². The van der Waals surface area contributed by atoms with Gasteiger partial charge in [0, 0.05) is 29.9 Å². The summed E-state index contributed by atoms with van der Waals surface area (Å²) in [5.74, 6) is 0.394. The fraction of sp³-hybridized carbons (Fsp3) is 0.667. The lowest BCUT2D eigenvalue weighted by atomic mass is 10.4. The van der Waals surface area contributed by atoms with Gasteiger partial charge in [-0.2, -0.15) is 0 Å². The zero-order valence-electron chi connectivity index (χ0n) is 8.93. The first-order valence-electron chi connectivity index (χ1n) is 4.85. The minimum atomic E-state index is -2.89. The summed E-state index contributed by atoms with van der Waals surface area (Å²) in [6, 6.07) is -0.0288. The number of hydrogen-bond donors (Lipinski definition) is 1. The van der Waals surface area contributed by atoms with Crippen LogP contribution in [-0.4, -0.2) is 30.9 Å². The van der Waals surface area contributed by atoms with E-state index in [9.17, 15) is 8.42 Å². The molecule has 1 atom stereocenters. The van der Waals surface area contributed by atoms with Gasteiger partial charge in [-0.25, -0.2) is 13.4 Å². The maximum absolute atomic E-state index is 11.3. The molecule has 1 aromatic rings. The van der Waals surface area contributed by atoms with Crippen molar-refractivity contribution in [3.63, 3.8) is 0 Å². The first kappa shape index (κ1) is 12.6. The number of thiazole rings is 1. The van der Waals surface area contributed by atoms with Crippen LogP contribution < -0.4 is 5.32 Å². The van der Waals surface area contributed by atoms with Gasteiger partial charge in [0.25, 0.3) is 0 Å². The van der Waals surface area contributed by atoms with Crippen LogP contribution in [0, 0.1) is 0 Å². The van der Waals surface area contributed by atoms with Crippen molar-refractivity contribution in [2.45, 2.75) is 26.4 Å². The third kappa shape index (κ3) is 4.72. The van der Waals surface area contributed by atoms with E-state index in [1.807, 2.05) is 12.3 Å². The quantitative estimate of drug-likeness (QED) is 0.817. The van der Waals surface area contributed by atoms with Crippen molar-refractivity contribution in [3.8, 4) is 0 Å². The van der Waals surface area contributed by atoms with Gasteiger partial charge in [0.2, 0.25) is 0 Å². The molecule has 0 aliphatic rings. The lowest BCUT2D eigenvalue weighted by Crippen LogP contribution is -2.33. The van der Waals surface area contributed by atoms with Crippen LogP contribution in [0.3, 0.4) is 0 Å². The van der Waals surface area contributed by atoms with Crippen LogP contribution in [0.4, 0.5) is 0 Å². The molecule has 86 valence electrons. The van der Waals surface area contributed by atoms with E-state index in [-0.39, 0.29) is 17.5 Å². The average Bonchev–Trinajstić information content (AvgIpc) is 2.66. The van der Waals surface area contributed by atoms with Gasteiger partial charge in [-0.3, -0.25) is 0 Å². The fourth-order valence-corrected chi connectivity index (χ4v) is 2.84. The van der Waals surface area contributed by atoms with Gasteiger partial charge >= 0.3 is 0 Å². The number of nitrogens with one attached hydrogen (secondary N) is 1. The second kappa shape index (κ2) is 5.58. The molecule has 0 fully saturated rings. The molecule has 0 amide bonds. The summed E-state index contributed by atoms with van der Waals surface area (Å²) < 4.78 is 22.6. The number of nitrogens with zero attached hydrogens (tertiary/aromatic N) is 1. The first-order valence-corrected chi connectivity index (χ1v) is 7.56. The Balaban J connectivity index is 2.34. The van der Waals surface area contributed by atoms with Gasteiger partial charge in [0.1, 0.15) is 5.01 Å². The maximum Gasteiger partial charge on any atom is 0.151 e. The normalized spacial score (nSPS) is 14.0. The molecule has 0 bridgehead atoms. The summed E-state index contributed by atoms with van der Waals surface area (Å²) in [7, 11) is -2.89. The molecule has 0 aliphatic carbocycles. The highest BCUT2D eigenvalue weighted by Crippen LogP contribution is 2.03. The second-order valence-electron chi connectivity index (χ2n) is 3.41. The zero-order chi connectivity index (χ0) is 11.3. The van der Waals surface area contributed by atoms with Gasteiger partial charge in [-0.05, 0) is 6.92 Å². The Bertz CT molecular complexity index is 373. The summed E-state index contributed by atoms with van der Waals surface area (Å²) in [6.45, 7) is 4.18. The van der Waals surface area contributed by atoms with Gasteiger partial charge in [0.05, 0.1) is 5.75 Å². The fourth-order valence-electron chi connectivity index (χ4n) is 1.16. The number of aromatic nitrogens is 1. The Kier molecular flexibility index (Phi) is 4.69. The van der Waals surface area contributed by atoms with E-state index in [2.05, 4.69) is 10.3 Å². The Hall–Kier alpha value is -0.460. The number of hydrogen-bond acceptors (Lipinski definition) is 5. The highest BCUT2D eigenvalue weighted by atomic mass is 32.2. The van der Waals surface area contributed by atoms with Crippen LogP contribution in [0.25, 0.3) is 0 Å². The van der Waals surface area contributed by atoms with Crippen LogP contribution in [0.2, 0.25) is 0 Å². The molecule has 0 saturated carbocycles. The summed E-state index contributed by atoms with van der Waals surface area (Å²) in [5, 5.41) is 6.03. The molecule has 15 heavy (non-hydrogen) atoms. The molecule has 0 aromatic carbocycles. The maximum atomic E-state index is 11.3. The van der Waals surface area contributed by atoms with Crippen LogP contribution >= 0.6 is 11.3 Å². The molecule has 1 heterocycles. The van der Waals surface area contributed by atoms with E-state index in [1.165, 1.54) is 0 Å². The van der Waals surface area contributed by atoms with Crippen molar-refractivity contribution >= 4 is 21.2 Å². The molecule has 0 saturated heterocycles. The van der Waals surface area contributed by atoms with E-state index in [1.54, 1.807) is 24.5 Å². The van der Waals surface area contributed by atoms with Gasteiger partial charge in [0.15, 0.2) is 9.84 Å². The van der Waals surface area contributed by atoms with Gasteiger partial charge < -0.3 is 5.32 Å². The van der Waals surface area contributed by atoms with Crippen molar-refractivity contribution in [2.75, 3.05) is 11.5 Å². The molecule has 1 rings (SSSR count). The number of rotatable bonds is 6. The molecule has 0 aliphatic heterocycles. The van der Waals surface area contributed by atoms with E-state index in [4.69, 9.17) is 0 Å². The van der Waals surface area contributed by atoms with Gasteiger partial charge in [-0.1, -0.05) is 6.92 Å². The summed E-state index contributed by atoms with van der Waals surface area (Å²) in [4.78, 5) is 4.11. The van der Waals surface area contributed by atoms with Crippen LogP contribution in [0.15, 0.2) is 11.6 Å². The number of sulfone groups is 1. The zero-order valence-corrected chi connectivity index (χ0v) is 10.6. The van der Waals surface area contributed by atoms with Crippen LogP contribution in [0.5, 0.6) is 0 Å². The second-order valence-corrected chi connectivity index (χ2v) is 6.78. The first-order chi connectivity index (χ1) is 7.03. The van der Waals surface area contributed by atoms with E-state index in [0.717, 1.165) is 5.01 Å².